The maximum absolute atomic E-state index is 11.6. The van der Waals surface area contributed by atoms with Gasteiger partial charge in [-0.1, -0.05) is 0 Å². The van der Waals surface area contributed by atoms with Gasteiger partial charge in [-0.15, -0.1) is 11.6 Å². The number of alkyl halides is 1. The van der Waals surface area contributed by atoms with E-state index in [-0.39, 0.29) is 11.7 Å². The smallest absolute Gasteiger partial charge is 0.326 e. The molecule has 1 fully saturated rings. The Morgan fingerprint density at radius 3 is 2.79 bits per heavy atom. The first-order chi connectivity index (χ1) is 6.57. The Bertz CT molecular complexity index is 249. The van der Waals surface area contributed by atoms with Crippen LogP contribution in [0.4, 0.5) is 0 Å². The number of halogens is 1. The average Bonchev–Trinajstić information content (AvgIpc) is 2.63. The van der Waals surface area contributed by atoms with Gasteiger partial charge in [-0.2, -0.15) is 12.6 Å². The summed E-state index contributed by atoms with van der Waals surface area (Å²) in [6.45, 7) is 0.479. The van der Waals surface area contributed by atoms with E-state index in [2.05, 4.69) is 12.6 Å². The fourth-order valence-corrected chi connectivity index (χ4v) is 1.83. The van der Waals surface area contributed by atoms with E-state index in [1.807, 2.05) is 0 Å². The molecular weight excluding hydrogens is 226 g/mol. The average molecular weight is 238 g/mol. The summed E-state index contributed by atoms with van der Waals surface area (Å²) in [4.78, 5) is 23.7. The van der Waals surface area contributed by atoms with Gasteiger partial charge in [0.05, 0.1) is 0 Å². The number of carbonyl (C=O) groups is 2. The molecule has 2 atom stereocenters. The van der Waals surface area contributed by atoms with Crippen LogP contribution in [0.1, 0.15) is 12.8 Å². The Kier molecular flexibility index (Phi) is 4.07. The van der Waals surface area contributed by atoms with Crippen molar-refractivity contribution in [3.63, 3.8) is 0 Å². The molecule has 1 heterocycles. The molecule has 1 aliphatic rings. The number of hydrogen-bond acceptors (Lipinski definition) is 3. The molecule has 1 aliphatic heterocycles. The van der Waals surface area contributed by atoms with Gasteiger partial charge >= 0.3 is 5.97 Å². The molecule has 1 N–H and O–H groups in total. The van der Waals surface area contributed by atoms with Crippen molar-refractivity contribution < 1.29 is 14.7 Å². The molecule has 4 nitrogen and oxygen atoms in total. The van der Waals surface area contributed by atoms with Crippen molar-refractivity contribution in [3.8, 4) is 0 Å². The van der Waals surface area contributed by atoms with E-state index in [0.717, 1.165) is 6.42 Å². The molecule has 80 valence electrons. The molecule has 0 radical (unpaired) electrons. The van der Waals surface area contributed by atoms with Gasteiger partial charge in [0.1, 0.15) is 11.4 Å². The molecule has 14 heavy (non-hydrogen) atoms. The standard InChI is InChI=1S/C8H12ClNO3S/c9-5(4-14)7(11)10-3-1-2-6(10)8(12)13/h5-6,14H,1-4H2,(H,12,13)/t5?,6-/m0/s1. The number of aliphatic carboxylic acids is 1. The molecule has 1 rings (SSSR count). The van der Waals surface area contributed by atoms with Crippen LogP contribution in [-0.4, -0.2) is 45.6 Å². The second kappa shape index (κ2) is 4.89. The maximum atomic E-state index is 11.6. The van der Waals surface area contributed by atoms with E-state index in [1.54, 1.807) is 0 Å². The van der Waals surface area contributed by atoms with Crippen LogP contribution in [0.15, 0.2) is 0 Å². The minimum atomic E-state index is -0.959. The molecule has 0 bridgehead atoms. The van der Waals surface area contributed by atoms with E-state index in [1.165, 1.54) is 4.90 Å². The van der Waals surface area contributed by atoms with Crippen LogP contribution in [0, 0.1) is 0 Å². The summed E-state index contributed by atoms with van der Waals surface area (Å²) in [5, 5.41) is 8.11. The molecular formula is C8H12ClNO3S. The summed E-state index contributed by atoms with van der Waals surface area (Å²) in [6, 6.07) is -0.705. The number of carboxylic acids is 1. The lowest BCUT2D eigenvalue weighted by atomic mass is 10.2. The summed E-state index contributed by atoms with van der Waals surface area (Å²) in [5.41, 5.74) is 0. The first kappa shape index (κ1) is 11.7. The van der Waals surface area contributed by atoms with Crippen molar-refractivity contribution in [2.45, 2.75) is 24.3 Å². The highest BCUT2D eigenvalue weighted by atomic mass is 35.5. The van der Waals surface area contributed by atoms with Crippen LogP contribution < -0.4 is 0 Å². The summed E-state index contributed by atoms with van der Waals surface area (Å²) >= 11 is 9.61. The van der Waals surface area contributed by atoms with Crippen molar-refractivity contribution in [3.05, 3.63) is 0 Å². The fourth-order valence-electron chi connectivity index (χ4n) is 1.55. The van der Waals surface area contributed by atoms with Gasteiger partial charge in [-0.05, 0) is 12.8 Å². The van der Waals surface area contributed by atoms with Crippen LogP contribution in [0.5, 0.6) is 0 Å². The van der Waals surface area contributed by atoms with Gasteiger partial charge in [0.25, 0.3) is 0 Å². The van der Waals surface area contributed by atoms with Gasteiger partial charge in [0.2, 0.25) is 5.91 Å². The number of amides is 1. The quantitative estimate of drug-likeness (QED) is 0.558. The van der Waals surface area contributed by atoms with E-state index in [0.29, 0.717) is 13.0 Å². The topological polar surface area (TPSA) is 57.6 Å². The monoisotopic (exact) mass is 237 g/mol. The Morgan fingerprint density at radius 2 is 2.29 bits per heavy atom. The minimum Gasteiger partial charge on any atom is -0.480 e. The lowest BCUT2D eigenvalue weighted by molar-refractivity contribution is -0.147. The van der Waals surface area contributed by atoms with Gasteiger partial charge < -0.3 is 10.0 Å². The van der Waals surface area contributed by atoms with E-state index < -0.39 is 17.4 Å². The highest BCUT2D eigenvalue weighted by Crippen LogP contribution is 2.20. The highest BCUT2D eigenvalue weighted by molar-refractivity contribution is 7.80. The number of carboxylic acid groups (broad SMARTS) is 1. The molecule has 0 spiro atoms. The molecule has 1 unspecified atom stereocenters. The highest BCUT2D eigenvalue weighted by Gasteiger charge is 2.35. The lowest BCUT2D eigenvalue weighted by Gasteiger charge is -2.23. The molecule has 1 saturated heterocycles. The van der Waals surface area contributed by atoms with Gasteiger partial charge in [-0.3, -0.25) is 4.79 Å². The number of thiol groups is 1. The van der Waals surface area contributed by atoms with Crippen LogP contribution in [0.25, 0.3) is 0 Å². The molecule has 0 aromatic rings. The Morgan fingerprint density at radius 1 is 1.64 bits per heavy atom. The second-order valence-corrected chi connectivity index (χ2v) is 4.07. The molecule has 0 saturated carbocycles. The summed E-state index contributed by atoms with van der Waals surface area (Å²) in [6.07, 6.45) is 1.23. The third-order valence-electron chi connectivity index (χ3n) is 2.25. The van der Waals surface area contributed by atoms with Gasteiger partial charge in [0.15, 0.2) is 0 Å². The van der Waals surface area contributed by atoms with Gasteiger partial charge in [-0.25, -0.2) is 4.79 Å². The number of carbonyl (C=O) groups excluding carboxylic acids is 1. The lowest BCUT2D eigenvalue weighted by Crippen LogP contribution is -2.44. The third-order valence-corrected chi connectivity index (χ3v) is 3.17. The normalized spacial score (nSPS) is 23.6. The first-order valence-corrected chi connectivity index (χ1v) is 5.43. The third kappa shape index (κ3) is 2.33. The SMILES string of the molecule is O=C(O)[C@@H]1CCCN1C(=O)C(Cl)CS. The van der Waals surface area contributed by atoms with Crippen LogP contribution in [0.3, 0.4) is 0 Å². The van der Waals surface area contributed by atoms with Crippen molar-refractivity contribution in [1.82, 2.24) is 4.90 Å². The molecule has 6 heteroatoms. The van der Waals surface area contributed by atoms with Crippen molar-refractivity contribution in [2.75, 3.05) is 12.3 Å². The largest absolute Gasteiger partial charge is 0.480 e. The minimum absolute atomic E-state index is 0.225. The Balaban J connectivity index is 2.67. The zero-order valence-electron chi connectivity index (χ0n) is 7.52. The van der Waals surface area contributed by atoms with Crippen molar-refractivity contribution in [2.24, 2.45) is 0 Å². The number of rotatable bonds is 3. The number of nitrogens with zero attached hydrogens (tertiary/aromatic N) is 1. The molecule has 0 aromatic carbocycles. The predicted molar refractivity (Wildman–Crippen MR) is 55.9 cm³/mol. The van der Waals surface area contributed by atoms with E-state index >= 15 is 0 Å². The van der Waals surface area contributed by atoms with Crippen molar-refractivity contribution >= 4 is 36.1 Å². The number of hydrogen-bond donors (Lipinski definition) is 2. The zero-order valence-corrected chi connectivity index (χ0v) is 9.17. The molecule has 1 amide bonds. The second-order valence-electron chi connectivity index (χ2n) is 3.18. The van der Waals surface area contributed by atoms with E-state index in [4.69, 9.17) is 16.7 Å². The number of likely N-dealkylation sites (tertiary alicyclic amines) is 1. The van der Waals surface area contributed by atoms with E-state index in [9.17, 15) is 9.59 Å². The van der Waals surface area contributed by atoms with Gasteiger partial charge in [0, 0.05) is 12.3 Å². The van der Waals surface area contributed by atoms with Crippen LogP contribution in [-0.2, 0) is 9.59 Å². The fraction of sp³-hybridized carbons (Fsp3) is 0.750. The summed E-state index contributed by atoms with van der Waals surface area (Å²) in [5.74, 6) is -1.06. The molecule has 0 aliphatic carbocycles. The summed E-state index contributed by atoms with van der Waals surface area (Å²) in [7, 11) is 0. The van der Waals surface area contributed by atoms with Crippen LogP contribution in [0.2, 0.25) is 0 Å². The predicted octanol–water partition coefficient (Wildman–Crippen LogP) is 0.599. The molecule has 0 aromatic heterocycles. The maximum Gasteiger partial charge on any atom is 0.326 e. The Hall–Kier alpha value is -0.420. The summed E-state index contributed by atoms with van der Waals surface area (Å²) < 4.78 is 0. The zero-order chi connectivity index (χ0) is 10.7. The Labute approximate surface area is 92.6 Å². The van der Waals surface area contributed by atoms with Crippen molar-refractivity contribution in [1.29, 1.82) is 0 Å². The van der Waals surface area contributed by atoms with Crippen LogP contribution >= 0.6 is 24.2 Å². The first-order valence-electron chi connectivity index (χ1n) is 4.36.